The molecule has 0 bridgehead atoms. The first-order valence-corrected chi connectivity index (χ1v) is 10.1. The number of ether oxygens (including phenoxy) is 1. The molecule has 1 N–H and O–H groups in total. The van der Waals surface area contributed by atoms with Crippen molar-refractivity contribution >= 4 is 11.8 Å². The lowest BCUT2D eigenvalue weighted by Gasteiger charge is -2.16. The van der Waals surface area contributed by atoms with Crippen LogP contribution < -0.4 is 4.74 Å². The maximum atomic E-state index is 10.3. The molecule has 1 aromatic heterocycles. The number of imidazole rings is 1. The van der Waals surface area contributed by atoms with E-state index in [0.29, 0.717) is 23.0 Å². The Hall–Kier alpha value is -2.75. The molecule has 28 heavy (non-hydrogen) atoms. The van der Waals surface area contributed by atoms with Gasteiger partial charge in [-0.3, -0.25) is 4.57 Å². The van der Waals surface area contributed by atoms with E-state index >= 15 is 0 Å². The molecule has 0 amide bonds. The molecule has 1 unspecified atom stereocenters. The van der Waals surface area contributed by atoms with Crippen molar-refractivity contribution in [3.63, 3.8) is 0 Å². The minimum Gasteiger partial charge on any atom is -0.491 e. The van der Waals surface area contributed by atoms with Gasteiger partial charge in [0, 0.05) is 18.1 Å². The van der Waals surface area contributed by atoms with Crippen LogP contribution in [-0.2, 0) is 0 Å². The topological polar surface area (TPSA) is 71.1 Å². The van der Waals surface area contributed by atoms with Gasteiger partial charge >= 0.3 is 0 Å². The lowest BCUT2D eigenvalue weighted by molar-refractivity contribution is 0.126. The Morgan fingerprint density at radius 1 is 1.18 bits per heavy atom. The number of hydrogen-bond acceptors (Lipinski definition) is 5. The Labute approximate surface area is 169 Å². The van der Waals surface area contributed by atoms with Gasteiger partial charge in [-0.1, -0.05) is 43.8 Å². The monoisotopic (exact) mass is 393 g/mol. The first kappa shape index (κ1) is 20.0. The third-order valence-electron chi connectivity index (χ3n) is 4.26. The quantitative estimate of drug-likeness (QED) is 0.575. The summed E-state index contributed by atoms with van der Waals surface area (Å²) in [6, 6.07) is 17.2. The highest BCUT2D eigenvalue weighted by atomic mass is 32.2. The van der Waals surface area contributed by atoms with E-state index in [1.807, 2.05) is 18.3 Å². The van der Waals surface area contributed by atoms with E-state index in [1.165, 1.54) is 17.3 Å². The number of aliphatic hydroxyl groups is 1. The average molecular weight is 394 g/mol. The zero-order valence-corrected chi connectivity index (χ0v) is 16.8. The lowest BCUT2D eigenvalue weighted by Crippen LogP contribution is -2.20. The van der Waals surface area contributed by atoms with Crippen LogP contribution in [0.2, 0.25) is 0 Å². The molecule has 1 atom stereocenters. The van der Waals surface area contributed by atoms with Crippen molar-refractivity contribution in [3.05, 3.63) is 72.1 Å². The summed E-state index contributed by atoms with van der Waals surface area (Å²) in [5.74, 6) is 1.51. The number of nitriles is 1. The minimum absolute atomic E-state index is 0.183. The predicted octanol–water partition coefficient (Wildman–Crippen LogP) is 4.40. The second kappa shape index (κ2) is 9.45. The van der Waals surface area contributed by atoms with E-state index in [4.69, 9.17) is 10.00 Å². The molecule has 144 valence electrons. The highest BCUT2D eigenvalue weighted by Crippen LogP contribution is 2.27. The van der Waals surface area contributed by atoms with Crippen molar-refractivity contribution in [3.8, 4) is 17.5 Å². The summed E-state index contributed by atoms with van der Waals surface area (Å²) in [5, 5.41) is 19.9. The Bertz CT molecular complexity index is 945. The van der Waals surface area contributed by atoms with Crippen LogP contribution in [0.3, 0.4) is 0 Å². The number of rotatable bonds is 8. The van der Waals surface area contributed by atoms with Gasteiger partial charge < -0.3 is 9.84 Å². The maximum absolute atomic E-state index is 10.3. The molecule has 0 saturated heterocycles. The second-order valence-corrected chi connectivity index (χ2v) is 7.69. The molecular weight excluding hydrogens is 370 g/mol. The van der Waals surface area contributed by atoms with Crippen molar-refractivity contribution in [2.24, 2.45) is 0 Å². The fourth-order valence-corrected chi connectivity index (χ4v) is 3.68. The summed E-state index contributed by atoms with van der Waals surface area (Å²) in [6.45, 7) is 4.53. The molecule has 3 rings (SSSR count). The van der Waals surface area contributed by atoms with Crippen LogP contribution in [0, 0.1) is 11.3 Å². The maximum Gasteiger partial charge on any atom is 0.172 e. The molecule has 0 fully saturated rings. The van der Waals surface area contributed by atoms with Gasteiger partial charge in [-0.05, 0) is 41.8 Å². The number of para-hydroxylation sites is 1. The van der Waals surface area contributed by atoms with Crippen LogP contribution in [0.25, 0.3) is 5.69 Å². The molecule has 5 nitrogen and oxygen atoms in total. The molecule has 0 saturated carbocycles. The molecule has 0 aliphatic heterocycles. The van der Waals surface area contributed by atoms with E-state index in [0.717, 1.165) is 10.8 Å². The Kier molecular flexibility index (Phi) is 6.75. The number of aliphatic hydroxyl groups excluding tert-OH is 1. The van der Waals surface area contributed by atoms with Crippen molar-refractivity contribution in [1.29, 1.82) is 5.26 Å². The third-order valence-corrected chi connectivity index (χ3v) is 5.37. The fourth-order valence-electron chi connectivity index (χ4n) is 2.81. The van der Waals surface area contributed by atoms with Crippen LogP contribution in [0.15, 0.2) is 66.1 Å². The van der Waals surface area contributed by atoms with Gasteiger partial charge in [0.25, 0.3) is 0 Å². The molecule has 2 aromatic carbocycles. The Morgan fingerprint density at radius 3 is 2.64 bits per heavy atom. The highest BCUT2D eigenvalue weighted by Gasteiger charge is 2.14. The summed E-state index contributed by atoms with van der Waals surface area (Å²) in [5.41, 5.74) is 2.95. The zero-order valence-electron chi connectivity index (χ0n) is 15.9. The van der Waals surface area contributed by atoms with Gasteiger partial charge in [-0.25, -0.2) is 4.98 Å². The van der Waals surface area contributed by atoms with Gasteiger partial charge in [-0.2, -0.15) is 5.26 Å². The number of nitrogens with zero attached hydrogens (tertiary/aromatic N) is 3. The van der Waals surface area contributed by atoms with E-state index in [9.17, 15) is 5.11 Å². The van der Waals surface area contributed by atoms with Crippen molar-refractivity contribution < 1.29 is 9.84 Å². The molecule has 0 radical (unpaired) electrons. The smallest absolute Gasteiger partial charge is 0.172 e. The number of thioether (sulfide) groups is 1. The van der Waals surface area contributed by atoms with Crippen LogP contribution in [0.1, 0.15) is 30.9 Å². The van der Waals surface area contributed by atoms with E-state index in [2.05, 4.69) is 41.6 Å². The van der Waals surface area contributed by atoms with Gasteiger partial charge in [0.15, 0.2) is 5.16 Å². The van der Waals surface area contributed by atoms with Crippen molar-refractivity contribution in [2.45, 2.75) is 31.0 Å². The molecule has 1 heterocycles. The zero-order chi connectivity index (χ0) is 19.9. The van der Waals surface area contributed by atoms with Crippen LogP contribution in [0.4, 0.5) is 0 Å². The van der Waals surface area contributed by atoms with Crippen molar-refractivity contribution in [2.75, 3.05) is 12.4 Å². The number of hydrogen-bond donors (Lipinski definition) is 1. The summed E-state index contributed by atoms with van der Waals surface area (Å²) < 4.78 is 7.67. The lowest BCUT2D eigenvalue weighted by atomic mass is 10.0. The Morgan fingerprint density at radius 2 is 1.93 bits per heavy atom. The summed E-state index contributed by atoms with van der Waals surface area (Å²) in [7, 11) is 0. The first-order chi connectivity index (χ1) is 13.6. The molecule has 0 aliphatic rings. The van der Waals surface area contributed by atoms with Crippen LogP contribution in [0.5, 0.6) is 5.75 Å². The molecule has 6 heteroatoms. The third kappa shape index (κ3) is 4.94. The summed E-state index contributed by atoms with van der Waals surface area (Å²) in [6.07, 6.45) is 3.09. The first-order valence-electron chi connectivity index (χ1n) is 9.15. The van der Waals surface area contributed by atoms with Crippen LogP contribution >= 0.6 is 11.8 Å². The molecular formula is C22H23N3O2S. The van der Waals surface area contributed by atoms with E-state index in [-0.39, 0.29) is 6.61 Å². The average Bonchev–Trinajstić information content (AvgIpc) is 3.19. The van der Waals surface area contributed by atoms with E-state index < -0.39 is 6.10 Å². The second-order valence-electron chi connectivity index (χ2n) is 6.71. The minimum atomic E-state index is -0.633. The van der Waals surface area contributed by atoms with Gasteiger partial charge in [0.05, 0.1) is 23.4 Å². The summed E-state index contributed by atoms with van der Waals surface area (Å²) >= 11 is 1.50. The standard InChI is InChI=1S/C22H23N3O2S/c1-16(2)20-5-3-4-6-21(20)25-12-11-24-22(25)28-15-18(26)14-27-19-9-7-17(13-23)8-10-19/h3-12,16,18,26H,14-15H2,1-2H3. The largest absolute Gasteiger partial charge is 0.491 e. The normalized spacial score (nSPS) is 12.0. The number of aromatic nitrogens is 2. The van der Waals surface area contributed by atoms with Crippen molar-refractivity contribution in [1.82, 2.24) is 9.55 Å². The molecule has 3 aromatic rings. The van der Waals surface area contributed by atoms with Gasteiger partial charge in [-0.15, -0.1) is 0 Å². The van der Waals surface area contributed by atoms with E-state index in [1.54, 1.807) is 30.5 Å². The van der Waals surface area contributed by atoms with Gasteiger partial charge in [0.2, 0.25) is 0 Å². The number of benzene rings is 2. The molecule has 0 aliphatic carbocycles. The van der Waals surface area contributed by atoms with Crippen LogP contribution in [-0.4, -0.2) is 33.1 Å². The van der Waals surface area contributed by atoms with Gasteiger partial charge in [0.1, 0.15) is 12.4 Å². The fraction of sp³-hybridized carbons (Fsp3) is 0.273. The SMILES string of the molecule is CC(C)c1ccccc1-n1ccnc1SCC(O)COc1ccc(C#N)cc1. The predicted molar refractivity (Wildman–Crippen MR) is 111 cm³/mol. The highest BCUT2D eigenvalue weighted by molar-refractivity contribution is 7.99. The molecule has 0 spiro atoms. The Balaban J connectivity index is 1.60. The summed E-state index contributed by atoms with van der Waals surface area (Å²) in [4.78, 5) is 4.45.